The first kappa shape index (κ1) is 18.8. The first-order chi connectivity index (χ1) is 12.3. The van der Waals surface area contributed by atoms with E-state index in [0.29, 0.717) is 37.9 Å². The number of carbonyl (C=O) groups is 2. The maximum absolute atomic E-state index is 12.6. The fourth-order valence-corrected chi connectivity index (χ4v) is 4.88. The minimum atomic E-state index is -3.42. The summed E-state index contributed by atoms with van der Waals surface area (Å²) in [4.78, 5) is 25.6. The van der Waals surface area contributed by atoms with E-state index in [1.54, 1.807) is 4.90 Å². The number of hydrogen-bond donors (Lipinski definition) is 1. The zero-order chi connectivity index (χ0) is 18.9. The molecule has 0 aromatic heterocycles. The normalized spacial score (nSPS) is 21.6. The van der Waals surface area contributed by atoms with E-state index in [1.165, 1.54) is 31.4 Å². The zero-order valence-electron chi connectivity index (χ0n) is 14.7. The lowest BCUT2D eigenvalue weighted by Crippen LogP contribution is -2.40. The average molecular weight is 381 g/mol. The lowest BCUT2D eigenvalue weighted by atomic mass is 9.90. The zero-order valence-corrected chi connectivity index (χ0v) is 15.5. The number of carboxylic acid groups (broad SMARTS) is 1. The van der Waals surface area contributed by atoms with Crippen molar-refractivity contribution >= 4 is 21.7 Å². The molecule has 1 amide bonds. The Bertz CT molecular complexity index is 793. The Morgan fingerprint density at radius 3 is 2.35 bits per heavy atom. The van der Waals surface area contributed by atoms with Gasteiger partial charge in [0.25, 0.3) is 5.91 Å². The molecule has 1 unspecified atom stereocenters. The van der Waals surface area contributed by atoms with Gasteiger partial charge in [0.15, 0.2) is 9.84 Å². The standard InChI is InChI=1S/C18H23NO6S/c1-25-10-11-26(23,24)14-4-2-13(3-5-14)16(20)19-8-6-18(7-9-19)12-15(18)17(21)22/h2-5,15H,6-12H2,1H3,(H,21,22). The van der Waals surface area contributed by atoms with E-state index < -0.39 is 15.8 Å². The molecular formula is C18H23NO6S. The first-order valence-corrected chi connectivity index (χ1v) is 10.3. The van der Waals surface area contributed by atoms with Crippen molar-refractivity contribution in [3.8, 4) is 0 Å². The highest BCUT2D eigenvalue weighted by Gasteiger charge is 2.59. The lowest BCUT2D eigenvalue weighted by molar-refractivity contribution is -0.139. The van der Waals surface area contributed by atoms with Crippen LogP contribution in [0.15, 0.2) is 29.2 Å². The molecule has 3 rings (SSSR count). The van der Waals surface area contributed by atoms with Crippen LogP contribution in [0.1, 0.15) is 29.6 Å². The van der Waals surface area contributed by atoms with Crippen LogP contribution in [0.2, 0.25) is 0 Å². The van der Waals surface area contributed by atoms with E-state index in [2.05, 4.69) is 0 Å². The van der Waals surface area contributed by atoms with Gasteiger partial charge in [0.05, 0.1) is 23.2 Å². The largest absolute Gasteiger partial charge is 0.481 e. The monoisotopic (exact) mass is 381 g/mol. The van der Waals surface area contributed by atoms with Crippen LogP contribution in [-0.4, -0.2) is 62.9 Å². The van der Waals surface area contributed by atoms with Gasteiger partial charge in [0.1, 0.15) is 0 Å². The minimum Gasteiger partial charge on any atom is -0.481 e. The SMILES string of the molecule is COCCS(=O)(=O)c1ccc(C(=O)N2CCC3(CC2)CC3C(=O)O)cc1. The predicted octanol–water partition coefficient (Wildman–Crippen LogP) is 1.43. The second-order valence-electron chi connectivity index (χ2n) is 7.09. The number of rotatable bonds is 6. The number of aliphatic carboxylic acids is 1. The second kappa shape index (κ2) is 7.00. The van der Waals surface area contributed by atoms with Crippen molar-refractivity contribution in [3.63, 3.8) is 0 Å². The second-order valence-corrected chi connectivity index (χ2v) is 9.19. The Morgan fingerprint density at radius 1 is 1.23 bits per heavy atom. The fraction of sp³-hybridized carbons (Fsp3) is 0.556. The van der Waals surface area contributed by atoms with E-state index >= 15 is 0 Å². The highest BCUT2D eigenvalue weighted by Crippen LogP contribution is 2.59. The molecule has 1 aliphatic heterocycles. The molecule has 1 atom stereocenters. The summed E-state index contributed by atoms with van der Waals surface area (Å²) in [5.74, 6) is -1.25. The molecule has 1 spiro atoms. The van der Waals surface area contributed by atoms with Gasteiger partial charge >= 0.3 is 5.97 Å². The fourth-order valence-electron chi connectivity index (χ4n) is 3.70. The van der Waals surface area contributed by atoms with Gasteiger partial charge in [0, 0.05) is 25.8 Å². The smallest absolute Gasteiger partial charge is 0.307 e. The third-order valence-corrected chi connectivity index (χ3v) is 7.25. The van der Waals surface area contributed by atoms with Crippen LogP contribution in [0.25, 0.3) is 0 Å². The Labute approximate surface area is 152 Å². The van der Waals surface area contributed by atoms with Crippen LogP contribution in [0, 0.1) is 11.3 Å². The Kier molecular flexibility index (Phi) is 5.07. The molecule has 7 nitrogen and oxygen atoms in total. The number of carboxylic acids is 1. The van der Waals surface area contributed by atoms with Crippen molar-refractivity contribution in [2.45, 2.75) is 24.2 Å². The molecule has 26 heavy (non-hydrogen) atoms. The van der Waals surface area contributed by atoms with E-state index in [0.717, 1.165) is 0 Å². The highest BCUT2D eigenvalue weighted by molar-refractivity contribution is 7.91. The minimum absolute atomic E-state index is 0.101. The number of amides is 1. The molecule has 1 saturated heterocycles. The van der Waals surface area contributed by atoms with E-state index in [4.69, 9.17) is 9.84 Å². The highest BCUT2D eigenvalue weighted by atomic mass is 32.2. The van der Waals surface area contributed by atoms with Gasteiger partial charge in [0.2, 0.25) is 0 Å². The molecular weight excluding hydrogens is 358 g/mol. The van der Waals surface area contributed by atoms with Crippen LogP contribution in [-0.2, 0) is 19.4 Å². The maximum Gasteiger partial charge on any atom is 0.307 e. The summed E-state index contributed by atoms with van der Waals surface area (Å²) in [6.45, 7) is 1.20. The van der Waals surface area contributed by atoms with Crippen molar-refractivity contribution in [1.82, 2.24) is 4.90 Å². The van der Waals surface area contributed by atoms with Crippen LogP contribution in [0.3, 0.4) is 0 Å². The summed E-state index contributed by atoms with van der Waals surface area (Å²) in [6.07, 6.45) is 2.12. The number of hydrogen-bond acceptors (Lipinski definition) is 5. The molecule has 1 N–H and O–H groups in total. The number of ether oxygens (including phenoxy) is 1. The number of piperidine rings is 1. The third kappa shape index (κ3) is 3.61. The van der Waals surface area contributed by atoms with Crippen LogP contribution < -0.4 is 0 Å². The predicted molar refractivity (Wildman–Crippen MR) is 93.7 cm³/mol. The van der Waals surface area contributed by atoms with Gasteiger partial charge in [-0.2, -0.15) is 0 Å². The van der Waals surface area contributed by atoms with Crippen molar-refractivity contribution in [3.05, 3.63) is 29.8 Å². The molecule has 1 heterocycles. The molecule has 0 bridgehead atoms. The summed E-state index contributed by atoms with van der Waals surface area (Å²) in [7, 11) is -1.97. The van der Waals surface area contributed by atoms with Crippen LogP contribution in [0.5, 0.6) is 0 Å². The summed E-state index contributed by atoms with van der Waals surface area (Å²) in [5, 5.41) is 9.13. The number of benzene rings is 1. The lowest BCUT2D eigenvalue weighted by Gasteiger charge is -2.32. The van der Waals surface area contributed by atoms with E-state index in [1.807, 2.05) is 0 Å². The molecule has 2 aliphatic rings. The Hall–Kier alpha value is -1.93. The Balaban J connectivity index is 1.62. The molecule has 1 aliphatic carbocycles. The molecule has 2 fully saturated rings. The number of sulfone groups is 1. The van der Waals surface area contributed by atoms with Gasteiger partial charge in [-0.15, -0.1) is 0 Å². The van der Waals surface area contributed by atoms with Gasteiger partial charge in [-0.05, 0) is 48.9 Å². The van der Waals surface area contributed by atoms with Crippen molar-refractivity contribution < 1.29 is 27.9 Å². The molecule has 0 radical (unpaired) electrons. The maximum atomic E-state index is 12.6. The summed E-state index contributed by atoms with van der Waals surface area (Å²) in [5.41, 5.74) is 0.319. The quantitative estimate of drug-likeness (QED) is 0.800. The third-order valence-electron chi connectivity index (χ3n) is 5.55. The molecule has 1 saturated carbocycles. The van der Waals surface area contributed by atoms with E-state index in [9.17, 15) is 18.0 Å². The summed E-state index contributed by atoms with van der Waals surface area (Å²) >= 11 is 0. The first-order valence-electron chi connectivity index (χ1n) is 8.63. The van der Waals surface area contributed by atoms with Gasteiger partial charge < -0.3 is 14.7 Å². The molecule has 1 aromatic carbocycles. The number of nitrogens with zero attached hydrogens (tertiary/aromatic N) is 1. The average Bonchev–Trinajstić information content (AvgIpc) is 3.34. The molecule has 1 aromatic rings. The Morgan fingerprint density at radius 2 is 1.85 bits per heavy atom. The van der Waals surface area contributed by atoms with Crippen LogP contribution in [0.4, 0.5) is 0 Å². The van der Waals surface area contributed by atoms with E-state index in [-0.39, 0.29) is 34.5 Å². The van der Waals surface area contributed by atoms with Crippen molar-refractivity contribution in [2.75, 3.05) is 32.6 Å². The summed E-state index contributed by atoms with van der Waals surface area (Å²) in [6, 6.07) is 5.96. The van der Waals surface area contributed by atoms with Crippen molar-refractivity contribution in [1.29, 1.82) is 0 Å². The number of likely N-dealkylation sites (tertiary alicyclic amines) is 1. The van der Waals surface area contributed by atoms with Gasteiger partial charge in [-0.1, -0.05) is 0 Å². The van der Waals surface area contributed by atoms with Gasteiger partial charge in [-0.3, -0.25) is 9.59 Å². The number of carbonyl (C=O) groups excluding carboxylic acids is 1. The molecule has 8 heteroatoms. The van der Waals surface area contributed by atoms with Crippen LogP contribution >= 0.6 is 0 Å². The summed E-state index contributed by atoms with van der Waals surface area (Å²) < 4.78 is 29.0. The topological polar surface area (TPSA) is 101 Å². The van der Waals surface area contributed by atoms with Crippen molar-refractivity contribution in [2.24, 2.45) is 11.3 Å². The number of methoxy groups -OCH3 is 1. The molecule has 142 valence electrons. The van der Waals surface area contributed by atoms with Gasteiger partial charge in [-0.25, -0.2) is 8.42 Å².